The molecule has 1 atom stereocenters. The van der Waals surface area contributed by atoms with Gasteiger partial charge >= 0.3 is 5.97 Å². The molecule has 0 aromatic carbocycles. The number of rotatable bonds is 3. The number of aryl methyl sites for hydroxylation is 1. The number of ether oxygens (including phenoxy) is 1. The van der Waals surface area contributed by atoms with E-state index < -0.39 is 5.97 Å². The van der Waals surface area contributed by atoms with Crippen LogP contribution in [-0.2, 0) is 11.2 Å². The van der Waals surface area contributed by atoms with Crippen molar-refractivity contribution in [1.29, 1.82) is 0 Å². The van der Waals surface area contributed by atoms with Crippen molar-refractivity contribution in [3.8, 4) is 0 Å². The maximum atomic E-state index is 12.6. The third-order valence-corrected chi connectivity index (χ3v) is 4.44. The van der Waals surface area contributed by atoms with E-state index in [1.165, 1.54) is 18.4 Å². The van der Waals surface area contributed by atoms with Crippen LogP contribution in [0.4, 0.5) is 0 Å². The van der Waals surface area contributed by atoms with Crippen molar-refractivity contribution in [1.82, 2.24) is 4.98 Å². The summed E-state index contributed by atoms with van der Waals surface area (Å²) in [5.74, 6) is -0.299. The van der Waals surface area contributed by atoms with Gasteiger partial charge in [0.05, 0.1) is 12.3 Å². The van der Waals surface area contributed by atoms with E-state index in [0.29, 0.717) is 17.9 Å². The molecule has 0 bridgehead atoms. The first-order chi connectivity index (χ1) is 10.7. The fraction of sp³-hybridized carbons (Fsp3) is 0.500. The SMILES string of the molecule is CCOC(=O)c1ccc2c(n1)CCC(C=C1CCCC1)C2=O. The molecule has 0 saturated heterocycles. The highest BCUT2D eigenvalue weighted by Crippen LogP contribution is 2.30. The van der Waals surface area contributed by atoms with E-state index >= 15 is 0 Å². The molecule has 3 rings (SSSR count). The molecule has 0 amide bonds. The maximum absolute atomic E-state index is 12.6. The van der Waals surface area contributed by atoms with E-state index in [4.69, 9.17) is 4.74 Å². The molecule has 2 aliphatic rings. The zero-order valence-corrected chi connectivity index (χ0v) is 12.9. The van der Waals surface area contributed by atoms with E-state index in [2.05, 4.69) is 11.1 Å². The van der Waals surface area contributed by atoms with Crippen LogP contribution in [0.25, 0.3) is 0 Å². The minimum absolute atomic E-state index is 0.0177. The molecular weight excluding hydrogens is 278 g/mol. The third-order valence-electron chi connectivity index (χ3n) is 4.44. The van der Waals surface area contributed by atoms with Gasteiger partial charge in [-0.25, -0.2) is 9.78 Å². The Morgan fingerprint density at radius 3 is 2.82 bits per heavy atom. The van der Waals surface area contributed by atoms with Gasteiger partial charge in [0, 0.05) is 11.5 Å². The Labute approximate surface area is 130 Å². The normalized spacial score (nSPS) is 20.7. The molecule has 0 N–H and O–H groups in total. The highest BCUT2D eigenvalue weighted by molar-refractivity contribution is 6.01. The van der Waals surface area contributed by atoms with E-state index in [1.54, 1.807) is 19.1 Å². The third kappa shape index (κ3) is 2.96. The van der Waals surface area contributed by atoms with E-state index in [-0.39, 0.29) is 11.7 Å². The molecule has 1 unspecified atom stereocenters. The number of hydrogen-bond donors (Lipinski definition) is 0. The predicted molar refractivity (Wildman–Crippen MR) is 82.9 cm³/mol. The van der Waals surface area contributed by atoms with Crippen molar-refractivity contribution in [3.63, 3.8) is 0 Å². The second kappa shape index (κ2) is 6.42. The van der Waals surface area contributed by atoms with Crippen LogP contribution in [0.3, 0.4) is 0 Å². The van der Waals surface area contributed by atoms with Crippen molar-refractivity contribution < 1.29 is 14.3 Å². The first kappa shape index (κ1) is 14.9. The van der Waals surface area contributed by atoms with Crippen LogP contribution >= 0.6 is 0 Å². The van der Waals surface area contributed by atoms with E-state index in [1.807, 2.05) is 0 Å². The number of hydrogen-bond acceptors (Lipinski definition) is 4. The quantitative estimate of drug-likeness (QED) is 0.633. The summed E-state index contributed by atoms with van der Waals surface area (Å²) in [5, 5.41) is 0. The molecule has 22 heavy (non-hydrogen) atoms. The first-order valence-corrected chi connectivity index (χ1v) is 8.10. The highest BCUT2D eigenvalue weighted by atomic mass is 16.5. The summed E-state index contributed by atoms with van der Waals surface area (Å²) in [7, 11) is 0. The number of Topliss-reactive ketones (excluding diaryl/α,β-unsaturated/α-hetero) is 1. The summed E-state index contributed by atoms with van der Waals surface area (Å²) in [6.45, 7) is 2.09. The van der Waals surface area contributed by atoms with Gasteiger partial charge in [0.2, 0.25) is 0 Å². The molecule has 0 radical (unpaired) electrons. The Kier molecular flexibility index (Phi) is 4.36. The molecule has 116 valence electrons. The fourth-order valence-corrected chi connectivity index (χ4v) is 3.30. The molecule has 1 heterocycles. The molecule has 4 nitrogen and oxygen atoms in total. The van der Waals surface area contributed by atoms with Gasteiger partial charge in [0.15, 0.2) is 5.78 Å². The lowest BCUT2D eigenvalue weighted by molar-refractivity contribution is 0.0518. The molecule has 1 saturated carbocycles. The topological polar surface area (TPSA) is 56.3 Å². The molecule has 1 aromatic rings. The number of nitrogens with zero attached hydrogens (tertiary/aromatic N) is 1. The molecule has 2 aliphatic carbocycles. The smallest absolute Gasteiger partial charge is 0.356 e. The highest BCUT2D eigenvalue weighted by Gasteiger charge is 2.28. The Hall–Kier alpha value is -1.97. The van der Waals surface area contributed by atoms with Crippen LogP contribution in [0.15, 0.2) is 23.8 Å². The maximum Gasteiger partial charge on any atom is 0.356 e. The van der Waals surface area contributed by atoms with Gasteiger partial charge in [0.1, 0.15) is 5.69 Å². The summed E-state index contributed by atoms with van der Waals surface area (Å²) < 4.78 is 4.96. The number of carbonyl (C=O) groups is 2. The summed E-state index contributed by atoms with van der Waals surface area (Å²) in [4.78, 5) is 28.7. The number of aromatic nitrogens is 1. The van der Waals surface area contributed by atoms with Crippen molar-refractivity contribution in [2.45, 2.75) is 45.4 Å². The van der Waals surface area contributed by atoms with Gasteiger partial charge in [-0.15, -0.1) is 0 Å². The molecule has 0 aliphatic heterocycles. The van der Waals surface area contributed by atoms with Crippen LogP contribution < -0.4 is 0 Å². The zero-order chi connectivity index (χ0) is 15.5. The van der Waals surface area contributed by atoms with Crippen LogP contribution in [-0.4, -0.2) is 23.3 Å². The molecule has 4 heteroatoms. The lowest BCUT2D eigenvalue weighted by atomic mass is 9.84. The van der Waals surface area contributed by atoms with Crippen molar-refractivity contribution in [2.24, 2.45) is 5.92 Å². The van der Waals surface area contributed by atoms with Gasteiger partial charge in [0.25, 0.3) is 0 Å². The Morgan fingerprint density at radius 2 is 2.09 bits per heavy atom. The van der Waals surface area contributed by atoms with Gasteiger partial charge in [-0.3, -0.25) is 4.79 Å². The standard InChI is InChI=1S/C18H21NO3/c1-2-22-18(21)16-10-8-14-15(19-16)9-7-13(17(14)20)11-12-5-3-4-6-12/h8,10-11,13H,2-7,9H2,1H3. The Balaban J connectivity index is 1.81. The summed E-state index contributed by atoms with van der Waals surface area (Å²) in [6, 6.07) is 3.33. The average molecular weight is 299 g/mol. The number of pyridine rings is 1. The minimum Gasteiger partial charge on any atom is -0.461 e. The second-order valence-electron chi connectivity index (χ2n) is 5.95. The number of carbonyl (C=O) groups excluding carboxylic acids is 2. The van der Waals surface area contributed by atoms with Crippen LogP contribution in [0, 0.1) is 5.92 Å². The molecular formula is C18H21NO3. The van der Waals surface area contributed by atoms with Crippen molar-refractivity contribution >= 4 is 11.8 Å². The largest absolute Gasteiger partial charge is 0.461 e. The van der Waals surface area contributed by atoms with Crippen molar-refractivity contribution in [2.75, 3.05) is 6.61 Å². The molecule has 1 aromatic heterocycles. The van der Waals surface area contributed by atoms with Crippen LogP contribution in [0.1, 0.15) is 65.6 Å². The van der Waals surface area contributed by atoms with Crippen molar-refractivity contribution in [3.05, 3.63) is 40.7 Å². The predicted octanol–water partition coefficient (Wildman–Crippen LogP) is 3.50. The van der Waals surface area contributed by atoms with Crippen LogP contribution in [0.5, 0.6) is 0 Å². The van der Waals surface area contributed by atoms with Gasteiger partial charge in [-0.2, -0.15) is 0 Å². The average Bonchev–Trinajstić information content (AvgIpc) is 3.03. The Morgan fingerprint density at radius 1 is 1.32 bits per heavy atom. The number of esters is 1. The second-order valence-corrected chi connectivity index (χ2v) is 5.95. The monoisotopic (exact) mass is 299 g/mol. The number of fused-ring (bicyclic) bond motifs is 1. The number of allylic oxidation sites excluding steroid dienone is 2. The van der Waals surface area contributed by atoms with Crippen LogP contribution in [0.2, 0.25) is 0 Å². The summed E-state index contributed by atoms with van der Waals surface area (Å²) in [5.41, 5.74) is 3.12. The van der Waals surface area contributed by atoms with E-state index in [9.17, 15) is 9.59 Å². The van der Waals surface area contributed by atoms with Gasteiger partial charge in [-0.05, 0) is 57.6 Å². The summed E-state index contributed by atoms with van der Waals surface area (Å²) >= 11 is 0. The van der Waals surface area contributed by atoms with E-state index in [0.717, 1.165) is 31.4 Å². The summed E-state index contributed by atoms with van der Waals surface area (Å²) in [6.07, 6.45) is 8.46. The van der Waals surface area contributed by atoms with Gasteiger partial charge in [-0.1, -0.05) is 11.6 Å². The number of ketones is 1. The fourth-order valence-electron chi connectivity index (χ4n) is 3.30. The zero-order valence-electron chi connectivity index (χ0n) is 12.9. The lowest BCUT2D eigenvalue weighted by Crippen LogP contribution is -2.23. The lowest BCUT2D eigenvalue weighted by Gasteiger charge is -2.21. The van der Waals surface area contributed by atoms with Gasteiger partial charge < -0.3 is 4.74 Å². The minimum atomic E-state index is -0.423. The first-order valence-electron chi connectivity index (χ1n) is 8.10. The molecule has 1 fully saturated rings. The Bertz CT molecular complexity index is 625. The molecule has 0 spiro atoms.